The van der Waals surface area contributed by atoms with E-state index >= 15 is 0 Å². The molecular weight excluding hydrogens is 262 g/mol. The molecule has 1 aliphatic rings. The molecule has 0 spiro atoms. The molecule has 0 atom stereocenters. The Labute approximate surface area is 126 Å². The summed E-state index contributed by atoms with van der Waals surface area (Å²) in [4.78, 5) is 4.69. The minimum Gasteiger partial charge on any atom is -0.339 e. The van der Waals surface area contributed by atoms with E-state index in [1.54, 1.807) is 0 Å². The maximum atomic E-state index is 5.47. The van der Waals surface area contributed by atoms with Crippen LogP contribution in [0, 0.1) is 0 Å². The summed E-state index contributed by atoms with van der Waals surface area (Å²) < 4.78 is 5.47. The standard InChI is InChI=1S/C17H23N3O/c1-2-18-13-10-15-19-16(20-21-15)17(11-6-7-12-17)14-8-4-3-5-9-14/h3-5,8-9,18H,2,6-7,10-13H2,1H3. The van der Waals surface area contributed by atoms with Gasteiger partial charge in [0, 0.05) is 13.0 Å². The molecule has 0 amide bonds. The quantitative estimate of drug-likeness (QED) is 0.829. The van der Waals surface area contributed by atoms with Crippen LogP contribution in [-0.2, 0) is 11.8 Å². The highest BCUT2D eigenvalue weighted by molar-refractivity contribution is 5.33. The molecule has 0 aliphatic heterocycles. The predicted molar refractivity (Wildman–Crippen MR) is 82.2 cm³/mol. The predicted octanol–water partition coefficient (Wildman–Crippen LogP) is 3.08. The van der Waals surface area contributed by atoms with Crippen molar-refractivity contribution in [2.45, 2.75) is 44.4 Å². The first-order valence-electron chi connectivity index (χ1n) is 7.94. The first-order valence-corrected chi connectivity index (χ1v) is 7.94. The molecule has 1 aliphatic carbocycles. The number of benzene rings is 1. The Kier molecular flexibility index (Phi) is 4.34. The lowest BCUT2D eigenvalue weighted by Gasteiger charge is -2.25. The second-order valence-corrected chi connectivity index (χ2v) is 5.77. The largest absolute Gasteiger partial charge is 0.339 e. The van der Waals surface area contributed by atoms with Crippen molar-refractivity contribution in [3.63, 3.8) is 0 Å². The Morgan fingerprint density at radius 2 is 1.95 bits per heavy atom. The van der Waals surface area contributed by atoms with Crippen molar-refractivity contribution >= 4 is 0 Å². The van der Waals surface area contributed by atoms with E-state index in [-0.39, 0.29) is 5.41 Å². The zero-order chi connectivity index (χ0) is 14.5. The third kappa shape index (κ3) is 2.86. The van der Waals surface area contributed by atoms with Gasteiger partial charge < -0.3 is 9.84 Å². The van der Waals surface area contributed by atoms with E-state index in [1.807, 2.05) is 0 Å². The third-order valence-electron chi connectivity index (χ3n) is 4.45. The van der Waals surface area contributed by atoms with E-state index in [9.17, 15) is 0 Å². The molecular formula is C17H23N3O. The van der Waals surface area contributed by atoms with Crippen LogP contribution >= 0.6 is 0 Å². The Hall–Kier alpha value is -1.68. The summed E-state index contributed by atoms with van der Waals surface area (Å²) in [5.74, 6) is 1.62. The fourth-order valence-corrected chi connectivity index (χ4v) is 3.30. The Bertz CT molecular complexity index is 558. The highest BCUT2D eigenvalue weighted by atomic mass is 16.5. The third-order valence-corrected chi connectivity index (χ3v) is 4.45. The molecule has 3 rings (SSSR count). The molecule has 4 nitrogen and oxygen atoms in total. The van der Waals surface area contributed by atoms with Crippen molar-refractivity contribution in [3.8, 4) is 0 Å². The van der Waals surface area contributed by atoms with Gasteiger partial charge in [0.2, 0.25) is 5.89 Å². The van der Waals surface area contributed by atoms with Gasteiger partial charge in [0.1, 0.15) is 0 Å². The zero-order valence-electron chi connectivity index (χ0n) is 12.6. The average Bonchev–Trinajstić information content (AvgIpc) is 3.18. The first kappa shape index (κ1) is 14.3. The Balaban J connectivity index is 1.85. The molecule has 21 heavy (non-hydrogen) atoms. The number of hydrogen-bond donors (Lipinski definition) is 1. The van der Waals surface area contributed by atoms with E-state index in [0.717, 1.165) is 44.1 Å². The molecule has 1 aromatic heterocycles. The van der Waals surface area contributed by atoms with Crippen LogP contribution in [0.1, 0.15) is 49.9 Å². The van der Waals surface area contributed by atoms with Gasteiger partial charge in [-0.15, -0.1) is 0 Å². The minimum atomic E-state index is -0.0405. The Morgan fingerprint density at radius 3 is 2.67 bits per heavy atom. The molecule has 1 N–H and O–H groups in total. The van der Waals surface area contributed by atoms with Crippen LogP contribution in [0.2, 0.25) is 0 Å². The highest BCUT2D eigenvalue weighted by Crippen LogP contribution is 2.44. The summed E-state index contributed by atoms with van der Waals surface area (Å²) in [5, 5.41) is 7.60. The summed E-state index contributed by atoms with van der Waals surface area (Å²) in [5.41, 5.74) is 1.28. The molecule has 2 aromatic rings. The van der Waals surface area contributed by atoms with Gasteiger partial charge in [-0.25, -0.2) is 0 Å². The minimum absolute atomic E-state index is 0.0405. The number of nitrogens with one attached hydrogen (secondary N) is 1. The van der Waals surface area contributed by atoms with Crippen LogP contribution in [0.15, 0.2) is 34.9 Å². The maximum absolute atomic E-state index is 5.47. The van der Waals surface area contributed by atoms with Gasteiger partial charge >= 0.3 is 0 Å². The number of aromatic nitrogens is 2. The maximum Gasteiger partial charge on any atom is 0.227 e. The average molecular weight is 285 g/mol. The molecule has 1 fully saturated rings. The van der Waals surface area contributed by atoms with Crippen LogP contribution in [0.3, 0.4) is 0 Å². The Morgan fingerprint density at radius 1 is 1.19 bits per heavy atom. The lowest BCUT2D eigenvalue weighted by atomic mass is 9.78. The van der Waals surface area contributed by atoms with Gasteiger partial charge in [-0.3, -0.25) is 0 Å². The number of hydrogen-bond acceptors (Lipinski definition) is 4. The van der Waals surface area contributed by atoms with Crippen LogP contribution in [0.5, 0.6) is 0 Å². The molecule has 0 unspecified atom stereocenters. The summed E-state index contributed by atoms with van der Waals surface area (Å²) >= 11 is 0. The van der Waals surface area contributed by atoms with Crippen LogP contribution in [0.25, 0.3) is 0 Å². The smallest absolute Gasteiger partial charge is 0.227 e. The van der Waals surface area contributed by atoms with Crippen molar-refractivity contribution in [1.29, 1.82) is 0 Å². The van der Waals surface area contributed by atoms with Gasteiger partial charge in [-0.2, -0.15) is 4.98 Å². The molecule has 1 aromatic carbocycles. The highest BCUT2D eigenvalue weighted by Gasteiger charge is 2.41. The fourth-order valence-electron chi connectivity index (χ4n) is 3.30. The second kappa shape index (κ2) is 6.39. The van der Waals surface area contributed by atoms with Gasteiger partial charge in [0.05, 0.1) is 5.41 Å². The van der Waals surface area contributed by atoms with Gasteiger partial charge in [-0.1, -0.05) is 55.3 Å². The SMILES string of the molecule is CCNCCc1nc(C2(c3ccccc3)CCCC2)no1. The zero-order valence-corrected chi connectivity index (χ0v) is 12.6. The summed E-state index contributed by atoms with van der Waals surface area (Å²) in [6.45, 7) is 3.95. The summed E-state index contributed by atoms with van der Waals surface area (Å²) in [7, 11) is 0. The van der Waals surface area contributed by atoms with Crippen LogP contribution in [-0.4, -0.2) is 23.2 Å². The number of likely N-dealkylation sites (N-methyl/N-ethyl adjacent to an activating group) is 1. The van der Waals surface area contributed by atoms with Crippen molar-refractivity contribution < 1.29 is 4.52 Å². The molecule has 112 valence electrons. The van der Waals surface area contributed by atoms with Gasteiger partial charge in [0.15, 0.2) is 5.82 Å². The number of rotatable bonds is 6. The summed E-state index contributed by atoms with van der Waals surface area (Å²) in [6.07, 6.45) is 5.49. The van der Waals surface area contributed by atoms with Crippen molar-refractivity contribution in [1.82, 2.24) is 15.5 Å². The molecule has 0 saturated heterocycles. The van der Waals surface area contributed by atoms with Crippen LogP contribution < -0.4 is 5.32 Å². The van der Waals surface area contributed by atoms with E-state index in [2.05, 4.69) is 47.7 Å². The van der Waals surface area contributed by atoms with E-state index in [1.165, 1.54) is 18.4 Å². The van der Waals surface area contributed by atoms with E-state index in [4.69, 9.17) is 9.51 Å². The van der Waals surface area contributed by atoms with Crippen molar-refractivity contribution in [3.05, 3.63) is 47.6 Å². The van der Waals surface area contributed by atoms with Crippen LogP contribution in [0.4, 0.5) is 0 Å². The van der Waals surface area contributed by atoms with Crippen molar-refractivity contribution in [2.24, 2.45) is 0 Å². The fraction of sp³-hybridized carbons (Fsp3) is 0.529. The normalized spacial score (nSPS) is 17.2. The molecule has 1 saturated carbocycles. The van der Waals surface area contributed by atoms with Crippen molar-refractivity contribution in [2.75, 3.05) is 13.1 Å². The summed E-state index contributed by atoms with van der Waals surface area (Å²) in [6, 6.07) is 10.6. The number of nitrogens with zero attached hydrogens (tertiary/aromatic N) is 2. The van der Waals surface area contributed by atoms with Gasteiger partial charge in [0.25, 0.3) is 0 Å². The first-order chi connectivity index (χ1) is 10.3. The van der Waals surface area contributed by atoms with Gasteiger partial charge in [-0.05, 0) is 24.9 Å². The lowest BCUT2D eigenvalue weighted by molar-refractivity contribution is 0.358. The topological polar surface area (TPSA) is 51.0 Å². The van der Waals surface area contributed by atoms with E-state index in [0.29, 0.717) is 0 Å². The molecule has 0 radical (unpaired) electrons. The lowest BCUT2D eigenvalue weighted by Crippen LogP contribution is -2.25. The second-order valence-electron chi connectivity index (χ2n) is 5.77. The molecule has 0 bridgehead atoms. The molecule has 4 heteroatoms. The monoisotopic (exact) mass is 285 g/mol. The van der Waals surface area contributed by atoms with E-state index < -0.39 is 0 Å². The molecule has 1 heterocycles.